The van der Waals surface area contributed by atoms with Crippen LogP contribution >= 0.6 is 23.2 Å². The number of fused-ring (bicyclic) bond motifs is 1. The van der Waals surface area contributed by atoms with Crippen molar-refractivity contribution >= 4 is 28.8 Å². The number of halogens is 2. The lowest BCUT2D eigenvalue weighted by atomic mass is 10.2. The molecule has 3 rings (SSSR count). The number of H-pyrrole nitrogens is 1. The van der Waals surface area contributed by atoms with Gasteiger partial charge in [0, 0.05) is 11.1 Å². The maximum absolute atomic E-state index is 12.0. The van der Waals surface area contributed by atoms with Gasteiger partial charge >= 0.3 is 0 Å². The van der Waals surface area contributed by atoms with Crippen molar-refractivity contribution in [2.24, 2.45) is 0 Å². The molecular formula is C13H9Cl2N3O. The van der Waals surface area contributed by atoms with Gasteiger partial charge in [-0.25, -0.2) is 4.98 Å². The molecule has 4 nitrogen and oxygen atoms in total. The van der Waals surface area contributed by atoms with Gasteiger partial charge in [-0.3, -0.25) is 9.89 Å². The van der Waals surface area contributed by atoms with Crippen molar-refractivity contribution in [3.63, 3.8) is 0 Å². The van der Waals surface area contributed by atoms with Crippen LogP contribution in [0.15, 0.2) is 35.1 Å². The van der Waals surface area contributed by atoms with Crippen LogP contribution in [-0.4, -0.2) is 14.6 Å². The van der Waals surface area contributed by atoms with E-state index in [-0.39, 0.29) is 10.6 Å². The third-order valence-electron chi connectivity index (χ3n) is 2.88. The topological polar surface area (TPSA) is 50.2 Å². The maximum Gasteiger partial charge on any atom is 0.291 e. The molecule has 0 bridgehead atoms. The Balaban J connectivity index is 2.25. The van der Waals surface area contributed by atoms with E-state index in [1.165, 1.54) is 4.52 Å². The lowest BCUT2D eigenvalue weighted by Gasteiger charge is -1.98. The molecule has 0 fully saturated rings. The van der Waals surface area contributed by atoms with Crippen molar-refractivity contribution in [1.82, 2.24) is 14.6 Å². The van der Waals surface area contributed by atoms with Gasteiger partial charge in [-0.2, -0.15) is 4.52 Å². The molecule has 0 spiro atoms. The van der Waals surface area contributed by atoms with Gasteiger partial charge in [0.2, 0.25) is 0 Å². The zero-order valence-electron chi connectivity index (χ0n) is 9.95. The Bertz CT molecular complexity index is 818. The van der Waals surface area contributed by atoms with E-state index in [1.54, 1.807) is 25.1 Å². The fraction of sp³-hybridized carbons (Fsp3) is 0.0769. The number of nitrogens with zero attached hydrogens (tertiary/aromatic N) is 2. The molecule has 0 aliphatic carbocycles. The molecule has 2 heterocycles. The molecule has 0 aliphatic heterocycles. The zero-order chi connectivity index (χ0) is 13.6. The number of aryl methyl sites for hydroxylation is 1. The summed E-state index contributed by atoms with van der Waals surface area (Å²) in [7, 11) is 0. The van der Waals surface area contributed by atoms with Crippen LogP contribution in [0.3, 0.4) is 0 Å². The van der Waals surface area contributed by atoms with Gasteiger partial charge < -0.3 is 0 Å². The number of rotatable bonds is 1. The summed E-state index contributed by atoms with van der Waals surface area (Å²) in [5.41, 5.74) is 2.46. The highest BCUT2D eigenvalue weighted by Gasteiger charge is 2.10. The fourth-order valence-electron chi connectivity index (χ4n) is 1.89. The highest BCUT2D eigenvalue weighted by Crippen LogP contribution is 2.21. The quantitative estimate of drug-likeness (QED) is 0.748. The second-order valence-electron chi connectivity index (χ2n) is 4.19. The summed E-state index contributed by atoms with van der Waals surface area (Å²) in [6, 6.07) is 9.11. The Morgan fingerprint density at radius 1 is 1.21 bits per heavy atom. The molecule has 0 saturated carbocycles. The van der Waals surface area contributed by atoms with E-state index in [4.69, 9.17) is 23.2 Å². The SMILES string of the molecule is Cc1nc2cc(-c3ccc(Cl)cc3)[nH]n2c(=O)c1Cl. The number of hydrogen-bond donors (Lipinski definition) is 1. The third kappa shape index (κ3) is 2.03. The molecule has 3 aromatic rings. The summed E-state index contributed by atoms with van der Waals surface area (Å²) in [5.74, 6) is 0. The molecular weight excluding hydrogens is 285 g/mol. The standard InChI is InChI=1S/C13H9Cl2N3O/c1-7-12(15)13(19)18-11(16-7)6-10(17-18)8-2-4-9(14)5-3-8/h2-6,17H,1H3. The number of hydrogen-bond acceptors (Lipinski definition) is 2. The van der Waals surface area contributed by atoms with Crippen molar-refractivity contribution in [2.75, 3.05) is 0 Å². The van der Waals surface area contributed by atoms with Crippen LogP contribution in [0.1, 0.15) is 5.69 Å². The Morgan fingerprint density at radius 3 is 2.58 bits per heavy atom. The van der Waals surface area contributed by atoms with Gasteiger partial charge in [0.25, 0.3) is 5.56 Å². The predicted octanol–water partition coefficient (Wildman–Crippen LogP) is 3.30. The van der Waals surface area contributed by atoms with Crippen molar-refractivity contribution in [2.45, 2.75) is 6.92 Å². The first-order valence-corrected chi connectivity index (χ1v) is 6.35. The summed E-state index contributed by atoms with van der Waals surface area (Å²) < 4.78 is 1.33. The van der Waals surface area contributed by atoms with Crippen molar-refractivity contribution < 1.29 is 0 Å². The van der Waals surface area contributed by atoms with Crippen LogP contribution < -0.4 is 5.56 Å². The highest BCUT2D eigenvalue weighted by atomic mass is 35.5. The Labute approximate surface area is 118 Å². The third-order valence-corrected chi connectivity index (χ3v) is 3.57. The molecule has 19 heavy (non-hydrogen) atoms. The first-order chi connectivity index (χ1) is 9.06. The van der Waals surface area contributed by atoms with Crippen molar-refractivity contribution in [3.8, 4) is 11.3 Å². The molecule has 0 aliphatic rings. The fourth-order valence-corrected chi connectivity index (χ4v) is 2.14. The average molecular weight is 294 g/mol. The molecule has 6 heteroatoms. The van der Waals surface area contributed by atoms with Gasteiger partial charge in [0.1, 0.15) is 5.02 Å². The van der Waals surface area contributed by atoms with E-state index < -0.39 is 0 Å². The molecule has 2 aromatic heterocycles. The van der Waals surface area contributed by atoms with Crippen LogP contribution in [0.25, 0.3) is 16.9 Å². The van der Waals surface area contributed by atoms with Gasteiger partial charge in [0.05, 0.1) is 11.4 Å². The Morgan fingerprint density at radius 2 is 1.89 bits per heavy atom. The minimum absolute atomic E-state index is 0.127. The van der Waals surface area contributed by atoms with E-state index in [0.717, 1.165) is 11.3 Å². The maximum atomic E-state index is 12.0. The molecule has 0 amide bonds. The molecule has 1 N–H and O–H groups in total. The molecule has 1 aromatic carbocycles. The predicted molar refractivity (Wildman–Crippen MR) is 76.0 cm³/mol. The van der Waals surface area contributed by atoms with E-state index in [1.807, 2.05) is 12.1 Å². The summed E-state index contributed by atoms with van der Waals surface area (Å²) >= 11 is 11.7. The van der Waals surface area contributed by atoms with E-state index in [0.29, 0.717) is 16.4 Å². The van der Waals surface area contributed by atoms with E-state index in [2.05, 4.69) is 10.1 Å². The number of benzene rings is 1. The van der Waals surface area contributed by atoms with Crippen LogP contribution in [0, 0.1) is 6.92 Å². The van der Waals surface area contributed by atoms with Crippen molar-refractivity contribution in [1.29, 1.82) is 0 Å². The second-order valence-corrected chi connectivity index (χ2v) is 5.00. The lowest BCUT2D eigenvalue weighted by molar-refractivity contribution is 0.893. The smallest absolute Gasteiger partial charge is 0.289 e. The van der Waals surface area contributed by atoms with Gasteiger partial charge in [0.15, 0.2) is 5.65 Å². The van der Waals surface area contributed by atoms with Crippen molar-refractivity contribution in [3.05, 3.63) is 56.4 Å². The Kier molecular flexibility index (Phi) is 2.84. The number of nitrogens with one attached hydrogen (secondary N) is 1. The highest BCUT2D eigenvalue weighted by molar-refractivity contribution is 6.31. The Hall–Kier alpha value is -1.78. The summed E-state index contributed by atoms with van der Waals surface area (Å²) in [6.07, 6.45) is 0. The normalized spacial score (nSPS) is 11.1. The average Bonchev–Trinajstić information content (AvgIpc) is 2.81. The first kappa shape index (κ1) is 12.3. The minimum Gasteiger partial charge on any atom is -0.289 e. The molecule has 0 unspecified atom stereocenters. The van der Waals surface area contributed by atoms with Gasteiger partial charge in [-0.15, -0.1) is 0 Å². The summed E-state index contributed by atoms with van der Waals surface area (Å²) in [5, 5.41) is 3.77. The van der Waals surface area contributed by atoms with Gasteiger partial charge in [-0.05, 0) is 24.6 Å². The van der Waals surface area contributed by atoms with Crippen LogP contribution in [0.4, 0.5) is 0 Å². The molecule has 0 atom stereocenters. The number of aromatic amines is 1. The zero-order valence-corrected chi connectivity index (χ0v) is 11.5. The first-order valence-electron chi connectivity index (χ1n) is 5.60. The number of aromatic nitrogens is 3. The van der Waals surface area contributed by atoms with Crippen LogP contribution in [-0.2, 0) is 0 Å². The van der Waals surface area contributed by atoms with Gasteiger partial charge in [-0.1, -0.05) is 35.3 Å². The molecule has 96 valence electrons. The van der Waals surface area contributed by atoms with Crippen LogP contribution in [0.2, 0.25) is 10.0 Å². The molecule has 0 radical (unpaired) electrons. The molecule has 0 saturated heterocycles. The summed E-state index contributed by atoms with van der Waals surface area (Å²) in [4.78, 5) is 16.3. The van der Waals surface area contributed by atoms with Crippen LogP contribution in [0.5, 0.6) is 0 Å². The monoisotopic (exact) mass is 293 g/mol. The summed E-state index contributed by atoms with van der Waals surface area (Å²) in [6.45, 7) is 1.71. The van der Waals surface area contributed by atoms with E-state index >= 15 is 0 Å². The minimum atomic E-state index is -0.301. The lowest BCUT2D eigenvalue weighted by Crippen LogP contribution is -2.16. The van der Waals surface area contributed by atoms with E-state index in [9.17, 15) is 4.79 Å². The largest absolute Gasteiger partial charge is 0.291 e. The second kappa shape index (κ2) is 4.40.